The fourth-order valence-corrected chi connectivity index (χ4v) is 4.96. The van der Waals surface area contributed by atoms with E-state index < -0.39 is 0 Å². The molecule has 5 heteroatoms. The van der Waals surface area contributed by atoms with Gasteiger partial charge in [0.05, 0.1) is 48.7 Å². The maximum Gasteiger partial charge on any atom is 0.0992 e. The second kappa shape index (κ2) is 7.71. The standard InChI is InChI=1S/C21H23N3OS/c22-15-16-6-7-21-19(14-16)24(18-4-1-2-5-20(18)26-21)11-3-10-23-12-8-17(25)9-13-23/h1-2,4-7,14,17,25H,3,8-13H2/p+1. The van der Waals surface area contributed by atoms with Crippen LogP contribution in [0.3, 0.4) is 0 Å². The number of benzene rings is 2. The Bertz CT molecular complexity index is 824. The van der Waals surface area contributed by atoms with Gasteiger partial charge in [-0.25, -0.2) is 0 Å². The summed E-state index contributed by atoms with van der Waals surface area (Å²) in [5.74, 6) is 0. The first-order valence-electron chi connectivity index (χ1n) is 9.35. The number of aliphatic hydroxyl groups is 1. The second-order valence-corrected chi connectivity index (χ2v) is 8.18. The van der Waals surface area contributed by atoms with Gasteiger partial charge in [-0.3, -0.25) is 0 Å². The summed E-state index contributed by atoms with van der Waals surface area (Å²) in [5, 5.41) is 19.0. The van der Waals surface area contributed by atoms with E-state index in [-0.39, 0.29) is 6.10 Å². The van der Waals surface area contributed by atoms with Crippen LogP contribution >= 0.6 is 11.8 Å². The number of anilines is 2. The van der Waals surface area contributed by atoms with E-state index in [1.807, 2.05) is 12.1 Å². The summed E-state index contributed by atoms with van der Waals surface area (Å²) >= 11 is 1.78. The third-order valence-corrected chi connectivity index (χ3v) is 6.46. The number of nitrogens with one attached hydrogen (secondary N) is 1. The molecule has 0 saturated carbocycles. The average molecular weight is 367 g/mol. The van der Waals surface area contributed by atoms with Gasteiger partial charge in [0, 0.05) is 35.6 Å². The Balaban J connectivity index is 1.52. The van der Waals surface area contributed by atoms with Gasteiger partial charge in [0.1, 0.15) is 0 Å². The molecule has 2 aromatic carbocycles. The summed E-state index contributed by atoms with van der Waals surface area (Å²) in [5.41, 5.74) is 3.10. The summed E-state index contributed by atoms with van der Waals surface area (Å²) in [6.45, 7) is 4.23. The van der Waals surface area contributed by atoms with Crippen molar-refractivity contribution in [3.05, 3.63) is 48.0 Å². The van der Waals surface area contributed by atoms with Gasteiger partial charge in [-0.15, -0.1) is 0 Å². The van der Waals surface area contributed by atoms with Gasteiger partial charge in [-0.05, 0) is 30.3 Å². The number of hydrogen-bond acceptors (Lipinski definition) is 4. The molecule has 134 valence electrons. The molecule has 1 fully saturated rings. The summed E-state index contributed by atoms with van der Waals surface area (Å²) < 4.78 is 0. The fourth-order valence-electron chi connectivity index (χ4n) is 3.89. The maximum absolute atomic E-state index is 9.67. The highest BCUT2D eigenvalue weighted by molar-refractivity contribution is 7.99. The van der Waals surface area contributed by atoms with Gasteiger partial charge in [0.15, 0.2) is 0 Å². The predicted octanol–water partition coefficient (Wildman–Crippen LogP) is 2.59. The molecular formula is C21H24N3OS+. The molecule has 1 saturated heterocycles. The molecule has 0 radical (unpaired) electrons. The molecule has 2 aliphatic rings. The Labute approximate surface area is 159 Å². The molecule has 4 rings (SSSR count). The largest absolute Gasteiger partial charge is 0.393 e. The number of likely N-dealkylation sites (tertiary alicyclic amines) is 1. The first-order chi connectivity index (χ1) is 12.7. The fraction of sp³-hybridized carbons (Fsp3) is 0.381. The van der Waals surface area contributed by atoms with E-state index in [0.29, 0.717) is 5.56 Å². The van der Waals surface area contributed by atoms with Gasteiger partial charge in [0.25, 0.3) is 0 Å². The van der Waals surface area contributed by atoms with E-state index in [1.165, 1.54) is 15.5 Å². The third kappa shape index (κ3) is 3.59. The van der Waals surface area contributed by atoms with Crippen molar-refractivity contribution in [2.75, 3.05) is 31.1 Å². The quantitative estimate of drug-likeness (QED) is 0.873. The number of quaternary nitrogens is 1. The Morgan fingerprint density at radius 3 is 2.69 bits per heavy atom. The molecule has 0 aromatic heterocycles. The molecule has 0 atom stereocenters. The van der Waals surface area contributed by atoms with Crippen molar-refractivity contribution in [3.8, 4) is 6.07 Å². The van der Waals surface area contributed by atoms with Gasteiger partial charge in [-0.1, -0.05) is 23.9 Å². The normalized spacial score (nSPS) is 21.6. The molecule has 0 aliphatic carbocycles. The average Bonchev–Trinajstić information content (AvgIpc) is 2.68. The first-order valence-corrected chi connectivity index (χ1v) is 10.2. The van der Waals surface area contributed by atoms with Crippen molar-refractivity contribution < 1.29 is 10.0 Å². The van der Waals surface area contributed by atoms with Crippen LogP contribution in [0.15, 0.2) is 52.3 Å². The molecule has 2 aliphatic heterocycles. The molecule has 26 heavy (non-hydrogen) atoms. The van der Waals surface area contributed by atoms with E-state index >= 15 is 0 Å². The molecule has 2 aromatic rings. The molecule has 2 heterocycles. The van der Waals surface area contributed by atoms with Crippen molar-refractivity contribution >= 4 is 23.1 Å². The number of piperidine rings is 1. The minimum absolute atomic E-state index is 0.0963. The van der Waals surface area contributed by atoms with E-state index in [1.54, 1.807) is 16.7 Å². The van der Waals surface area contributed by atoms with E-state index in [0.717, 1.165) is 51.1 Å². The molecule has 0 bridgehead atoms. The van der Waals surface area contributed by atoms with Crippen LogP contribution in [0.2, 0.25) is 0 Å². The monoisotopic (exact) mass is 366 g/mol. The van der Waals surface area contributed by atoms with Crippen molar-refractivity contribution in [2.45, 2.75) is 35.2 Å². The van der Waals surface area contributed by atoms with Crippen LogP contribution in [-0.2, 0) is 0 Å². The Hall–Kier alpha value is -2.00. The predicted molar refractivity (Wildman–Crippen MR) is 104 cm³/mol. The van der Waals surface area contributed by atoms with Crippen molar-refractivity contribution in [1.82, 2.24) is 0 Å². The Kier molecular flexibility index (Phi) is 5.16. The van der Waals surface area contributed by atoms with Crippen molar-refractivity contribution in [3.63, 3.8) is 0 Å². The smallest absolute Gasteiger partial charge is 0.0992 e. The Morgan fingerprint density at radius 1 is 1.12 bits per heavy atom. The highest BCUT2D eigenvalue weighted by Crippen LogP contribution is 2.48. The van der Waals surface area contributed by atoms with Crippen LogP contribution in [0.5, 0.6) is 0 Å². The molecule has 2 N–H and O–H groups in total. The lowest BCUT2D eigenvalue weighted by Gasteiger charge is -2.33. The summed E-state index contributed by atoms with van der Waals surface area (Å²) in [7, 11) is 0. The van der Waals surface area contributed by atoms with Gasteiger partial charge in [-0.2, -0.15) is 5.26 Å². The van der Waals surface area contributed by atoms with Gasteiger partial charge >= 0.3 is 0 Å². The number of aliphatic hydroxyl groups excluding tert-OH is 1. The van der Waals surface area contributed by atoms with Gasteiger partial charge < -0.3 is 14.9 Å². The van der Waals surface area contributed by atoms with E-state index in [4.69, 9.17) is 0 Å². The minimum atomic E-state index is -0.0963. The number of hydrogen-bond donors (Lipinski definition) is 2. The zero-order valence-corrected chi connectivity index (χ0v) is 15.6. The molecule has 0 amide bonds. The third-order valence-electron chi connectivity index (χ3n) is 5.33. The topological polar surface area (TPSA) is 51.7 Å². The van der Waals surface area contributed by atoms with Crippen LogP contribution in [0.4, 0.5) is 11.4 Å². The zero-order valence-electron chi connectivity index (χ0n) is 14.8. The summed E-state index contributed by atoms with van der Waals surface area (Å²) in [6, 6.07) is 16.8. The molecule has 4 nitrogen and oxygen atoms in total. The number of rotatable bonds is 4. The highest BCUT2D eigenvalue weighted by Gasteiger charge is 2.24. The lowest BCUT2D eigenvalue weighted by Crippen LogP contribution is -3.13. The number of para-hydroxylation sites is 1. The lowest BCUT2D eigenvalue weighted by atomic mass is 10.1. The lowest BCUT2D eigenvalue weighted by molar-refractivity contribution is -0.906. The van der Waals surface area contributed by atoms with E-state index in [2.05, 4.69) is 41.3 Å². The maximum atomic E-state index is 9.67. The Morgan fingerprint density at radius 2 is 1.88 bits per heavy atom. The highest BCUT2D eigenvalue weighted by atomic mass is 32.2. The number of fused-ring (bicyclic) bond motifs is 2. The summed E-state index contributed by atoms with van der Waals surface area (Å²) in [6.07, 6.45) is 2.85. The minimum Gasteiger partial charge on any atom is -0.393 e. The van der Waals surface area contributed by atoms with Crippen molar-refractivity contribution in [2.24, 2.45) is 0 Å². The van der Waals surface area contributed by atoms with Crippen LogP contribution in [-0.4, -0.2) is 37.4 Å². The molecule has 0 spiro atoms. The zero-order chi connectivity index (χ0) is 17.9. The SMILES string of the molecule is N#Cc1ccc2c(c1)N(CCC[NH+]1CCC(O)CC1)c1ccccc1S2. The van der Waals surface area contributed by atoms with Gasteiger partial charge in [0.2, 0.25) is 0 Å². The van der Waals surface area contributed by atoms with Crippen LogP contribution in [0.25, 0.3) is 0 Å². The number of nitrogens with zero attached hydrogens (tertiary/aromatic N) is 2. The van der Waals surface area contributed by atoms with Crippen LogP contribution < -0.4 is 9.80 Å². The van der Waals surface area contributed by atoms with Crippen LogP contribution in [0.1, 0.15) is 24.8 Å². The first kappa shape index (κ1) is 17.4. The molecular weight excluding hydrogens is 342 g/mol. The number of nitriles is 1. The second-order valence-electron chi connectivity index (χ2n) is 7.10. The summed E-state index contributed by atoms with van der Waals surface area (Å²) in [4.78, 5) is 6.47. The molecule has 0 unspecified atom stereocenters. The van der Waals surface area contributed by atoms with Crippen molar-refractivity contribution in [1.29, 1.82) is 5.26 Å². The van der Waals surface area contributed by atoms with E-state index in [9.17, 15) is 10.4 Å². The van der Waals surface area contributed by atoms with Crippen LogP contribution in [0, 0.1) is 11.3 Å².